The molecule has 1 aliphatic heterocycles. The molecule has 0 saturated heterocycles. The Morgan fingerprint density at radius 2 is 1.80 bits per heavy atom. The van der Waals surface area contributed by atoms with Crippen LogP contribution < -0.4 is 4.74 Å². The van der Waals surface area contributed by atoms with Gasteiger partial charge in [0.2, 0.25) is 0 Å². The summed E-state index contributed by atoms with van der Waals surface area (Å²) in [6, 6.07) is 17.7. The maximum absolute atomic E-state index is 12.7. The normalized spacial score (nSPS) is 14.8. The van der Waals surface area contributed by atoms with E-state index >= 15 is 0 Å². The third-order valence-corrected chi connectivity index (χ3v) is 3.75. The third-order valence-electron chi connectivity index (χ3n) is 3.75. The summed E-state index contributed by atoms with van der Waals surface area (Å²) in [6.07, 6.45) is 1.47. The first-order valence-corrected chi connectivity index (χ1v) is 8.39. The van der Waals surface area contributed by atoms with Crippen molar-refractivity contribution in [3.63, 3.8) is 0 Å². The summed E-state index contributed by atoms with van der Waals surface area (Å²) in [5.74, 6) is 0.845. The van der Waals surface area contributed by atoms with Gasteiger partial charge in [0.05, 0.1) is 6.54 Å². The highest BCUT2D eigenvalue weighted by Gasteiger charge is 2.24. The number of ether oxygens (including phenoxy) is 2. The molecule has 0 fully saturated rings. The maximum Gasteiger partial charge on any atom is 0.414 e. The average Bonchev–Trinajstić information content (AvgIpc) is 2.97. The standard InChI is InChI=1S/C21H23NO3/c1-21(2,3)25-20(23)22(13-16-9-5-4-6-10-16)14-17-15-24-19-12-8-7-11-18(17)19/h4-12,14H,13,15H2,1-3H3/b17-14-. The minimum Gasteiger partial charge on any atom is -0.488 e. The molecule has 130 valence electrons. The fourth-order valence-electron chi connectivity index (χ4n) is 2.65. The SMILES string of the molecule is CC(C)(C)OC(=O)N(/C=C1/COc2ccccc21)Cc1ccccc1. The topological polar surface area (TPSA) is 38.8 Å². The van der Waals surface area contributed by atoms with E-state index in [2.05, 4.69) is 0 Å². The molecule has 0 atom stereocenters. The molecular formula is C21H23NO3. The van der Waals surface area contributed by atoms with Crippen LogP contribution >= 0.6 is 0 Å². The number of carbonyl (C=O) groups excluding carboxylic acids is 1. The molecule has 0 radical (unpaired) electrons. The van der Waals surface area contributed by atoms with Crippen molar-refractivity contribution < 1.29 is 14.3 Å². The van der Waals surface area contributed by atoms with Crippen LogP contribution in [-0.4, -0.2) is 23.2 Å². The molecule has 0 unspecified atom stereocenters. The van der Waals surface area contributed by atoms with Gasteiger partial charge in [-0.05, 0) is 32.4 Å². The summed E-state index contributed by atoms with van der Waals surface area (Å²) in [6.45, 7) is 6.50. The lowest BCUT2D eigenvalue weighted by molar-refractivity contribution is 0.0323. The lowest BCUT2D eigenvalue weighted by atomic mass is 10.1. The Balaban J connectivity index is 1.89. The van der Waals surface area contributed by atoms with Gasteiger partial charge in [0, 0.05) is 17.3 Å². The number of rotatable bonds is 3. The summed E-state index contributed by atoms with van der Waals surface area (Å²) in [4.78, 5) is 14.3. The number of amides is 1. The van der Waals surface area contributed by atoms with Crippen molar-refractivity contribution in [1.29, 1.82) is 0 Å². The second-order valence-electron chi connectivity index (χ2n) is 7.03. The molecule has 25 heavy (non-hydrogen) atoms. The highest BCUT2D eigenvalue weighted by Crippen LogP contribution is 2.33. The van der Waals surface area contributed by atoms with E-state index in [0.717, 1.165) is 22.4 Å². The fourth-order valence-corrected chi connectivity index (χ4v) is 2.65. The van der Waals surface area contributed by atoms with E-state index < -0.39 is 5.60 Å². The second kappa shape index (κ2) is 7.01. The Kier molecular flexibility index (Phi) is 4.79. The van der Waals surface area contributed by atoms with Crippen LogP contribution in [0, 0.1) is 0 Å². The zero-order valence-corrected chi connectivity index (χ0v) is 14.9. The van der Waals surface area contributed by atoms with Crippen LogP contribution in [0.1, 0.15) is 31.9 Å². The van der Waals surface area contributed by atoms with Gasteiger partial charge in [0.1, 0.15) is 18.0 Å². The number of nitrogens with zero attached hydrogens (tertiary/aromatic N) is 1. The number of benzene rings is 2. The van der Waals surface area contributed by atoms with Crippen molar-refractivity contribution in [2.45, 2.75) is 32.9 Å². The second-order valence-corrected chi connectivity index (χ2v) is 7.03. The van der Waals surface area contributed by atoms with E-state index in [-0.39, 0.29) is 6.09 Å². The summed E-state index contributed by atoms with van der Waals surface area (Å²) >= 11 is 0. The van der Waals surface area contributed by atoms with Gasteiger partial charge >= 0.3 is 6.09 Å². The molecule has 1 aliphatic rings. The predicted octanol–water partition coefficient (Wildman–Crippen LogP) is 4.86. The zero-order valence-electron chi connectivity index (χ0n) is 14.9. The Morgan fingerprint density at radius 1 is 1.12 bits per heavy atom. The smallest absolute Gasteiger partial charge is 0.414 e. The minimum atomic E-state index is -0.547. The molecule has 2 aromatic carbocycles. The van der Waals surface area contributed by atoms with Gasteiger partial charge in [-0.15, -0.1) is 0 Å². The van der Waals surface area contributed by atoms with Crippen molar-refractivity contribution >= 4 is 11.7 Å². The summed E-state index contributed by atoms with van der Waals surface area (Å²) in [7, 11) is 0. The van der Waals surface area contributed by atoms with E-state index in [9.17, 15) is 4.79 Å². The monoisotopic (exact) mass is 337 g/mol. The van der Waals surface area contributed by atoms with E-state index in [1.807, 2.05) is 81.6 Å². The molecule has 0 saturated carbocycles. The molecule has 4 nitrogen and oxygen atoms in total. The van der Waals surface area contributed by atoms with Gasteiger partial charge in [-0.25, -0.2) is 4.79 Å². The first-order chi connectivity index (χ1) is 11.9. The van der Waals surface area contributed by atoms with Crippen LogP contribution in [0.25, 0.3) is 5.57 Å². The molecule has 1 heterocycles. The Bertz CT molecular complexity index is 775. The van der Waals surface area contributed by atoms with E-state index in [1.54, 1.807) is 4.90 Å². The third kappa shape index (κ3) is 4.41. The number of carbonyl (C=O) groups is 1. The van der Waals surface area contributed by atoms with Crippen LogP contribution in [0.15, 0.2) is 60.8 Å². The molecule has 1 amide bonds. The van der Waals surface area contributed by atoms with E-state index in [0.29, 0.717) is 13.2 Å². The average molecular weight is 337 g/mol. The van der Waals surface area contributed by atoms with Crippen molar-refractivity contribution in [1.82, 2.24) is 4.90 Å². The van der Waals surface area contributed by atoms with E-state index in [1.165, 1.54) is 0 Å². The first-order valence-electron chi connectivity index (χ1n) is 8.39. The van der Waals surface area contributed by atoms with Gasteiger partial charge in [0.15, 0.2) is 0 Å². The molecule has 0 aliphatic carbocycles. The quantitative estimate of drug-likeness (QED) is 0.803. The van der Waals surface area contributed by atoms with Gasteiger partial charge in [-0.1, -0.05) is 48.5 Å². The van der Waals surface area contributed by atoms with Gasteiger partial charge in [-0.2, -0.15) is 0 Å². The predicted molar refractivity (Wildman–Crippen MR) is 98.1 cm³/mol. The minimum absolute atomic E-state index is 0.367. The number of hydrogen-bond donors (Lipinski definition) is 0. The summed E-state index contributed by atoms with van der Waals surface area (Å²) in [5, 5.41) is 0. The Hall–Kier alpha value is -2.75. The highest BCUT2D eigenvalue weighted by molar-refractivity contribution is 5.78. The van der Waals surface area contributed by atoms with Crippen LogP contribution in [-0.2, 0) is 11.3 Å². The molecule has 4 heteroatoms. The molecule has 3 rings (SSSR count). The first kappa shape index (κ1) is 17.1. The van der Waals surface area contributed by atoms with E-state index in [4.69, 9.17) is 9.47 Å². The Morgan fingerprint density at radius 3 is 2.52 bits per heavy atom. The van der Waals surface area contributed by atoms with Crippen molar-refractivity contribution in [2.24, 2.45) is 0 Å². The van der Waals surface area contributed by atoms with Crippen LogP contribution in [0.2, 0.25) is 0 Å². The van der Waals surface area contributed by atoms with Gasteiger partial charge in [0.25, 0.3) is 0 Å². The molecular weight excluding hydrogens is 314 g/mol. The highest BCUT2D eigenvalue weighted by atomic mass is 16.6. The summed E-state index contributed by atoms with van der Waals surface area (Å²) in [5.41, 5.74) is 2.48. The molecule has 2 aromatic rings. The molecule has 0 N–H and O–H groups in total. The summed E-state index contributed by atoms with van der Waals surface area (Å²) < 4.78 is 11.3. The van der Waals surface area contributed by atoms with Crippen LogP contribution in [0.3, 0.4) is 0 Å². The molecule has 0 aromatic heterocycles. The largest absolute Gasteiger partial charge is 0.488 e. The van der Waals surface area contributed by atoms with Crippen molar-refractivity contribution in [3.05, 3.63) is 71.9 Å². The number of hydrogen-bond acceptors (Lipinski definition) is 3. The van der Waals surface area contributed by atoms with Gasteiger partial charge < -0.3 is 9.47 Å². The molecule has 0 bridgehead atoms. The lowest BCUT2D eigenvalue weighted by Crippen LogP contribution is -2.33. The van der Waals surface area contributed by atoms with Gasteiger partial charge in [-0.3, -0.25) is 4.90 Å². The van der Waals surface area contributed by atoms with Crippen molar-refractivity contribution in [3.8, 4) is 5.75 Å². The number of fused-ring (bicyclic) bond motifs is 1. The fraction of sp³-hybridized carbons (Fsp3) is 0.286. The van der Waals surface area contributed by atoms with Crippen LogP contribution in [0.5, 0.6) is 5.75 Å². The Labute approximate surface area is 148 Å². The molecule has 0 spiro atoms. The zero-order chi connectivity index (χ0) is 17.9. The lowest BCUT2D eigenvalue weighted by Gasteiger charge is -2.25. The van der Waals surface area contributed by atoms with Crippen LogP contribution in [0.4, 0.5) is 4.79 Å². The van der Waals surface area contributed by atoms with Crippen molar-refractivity contribution in [2.75, 3.05) is 6.61 Å². The number of para-hydroxylation sites is 1. The maximum atomic E-state index is 12.7.